The SMILES string of the molecule is CC(CCNCc1cc(=O)n(C)c(=O)n1C)S(C)=O. The van der Waals surface area contributed by atoms with Gasteiger partial charge in [-0.05, 0) is 13.0 Å². The quantitative estimate of drug-likeness (QED) is 0.704. The lowest BCUT2D eigenvalue weighted by Gasteiger charge is -2.12. The van der Waals surface area contributed by atoms with Gasteiger partial charge in [0.1, 0.15) is 0 Å². The van der Waals surface area contributed by atoms with E-state index in [4.69, 9.17) is 0 Å². The minimum Gasteiger partial charge on any atom is -0.311 e. The predicted molar refractivity (Wildman–Crippen MR) is 76.8 cm³/mol. The number of rotatable bonds is 6. The first-order valence-electron chi connectivity index (χ1n) is 6.13. The van der Waals surface area contributed by atoms with Crippen LogP contribution in [-0.2, 0) is 31.4 Å². The van der Waals surface area contributed by atoms with Crippen molar-refractivity contribution in [3.63, 3.8) is 0 Å². The molecular formula is C12H21N3O3S. The summed E-state index contributed by atoms with van der Waals surface area (Å²) in [4.78, 5) is 23.2. The minimum atomic E-state index is -0.822. The van der Waals surface area contributed by atoms with Crippen molar-refractivity contribution in [3.8, 4) is 0 Å². The molecule has 108 valence electrons. The Morgan fingerprint density at radius 3 is 2.53 bits per heavy atom. The van der Waals surface area contributed by atoms with E-state index >= 15 is 0 Å². The Kier molecular flexibility index (Phi) is 5.68. The summed E-state index contributed by atoms with van der Waals surface area (Å²) >= 11 is 0. The van der Waals surface area contributed by atoms with Crippen LogP contribution in [0.2, 0.25) is 0 Å². The van der Waals surface area contributed by atoms with Gasteiger partial charge in [0.2, 0.25) is 0 Å². The van der Waals surface area contributed by atoms with Gasteiger partial charge in [0.25, 0.3) is 5.56 Å². The van der Waals surface area contributed by atoms with Crippen LogP contribution in [0.4, 0.5) is 0 Å². The lowest BCUT2D eigenvalue weighted by molar-refractivity contribution is 0.584. The van der Waals surface area contributed by atoms with Gasteiger partial charge in [0.05, 0.1) is 0 Å². The van der Waals surface area contributed by atoms with Crippen molar-refractivity contribution in [2.45, 2.75) is 25.1 Å². The van der Waals surface area contributed by atoms with E-state index in [1.807, 2.05) is 6.92 Å². The van der Waals surface area contributed by atoms with Crippen LogP contribution in [0.5, 0.6) is 0 Å². The van der Waals surface area contributed by atoms with Crippen LogP contribution in [0, 0.1) is 0 Å². The molecule has 0 radical (unpaired) electrons. The zero-order valence-corrected chi connectivity index (χ0v) is 12.6. The third-order valence-electron chi connectivity index (χ3n) is 3.23. The van der Waals surface area contributed by atoms with Crippen molar-refractivity contribution in [1.29, 1.82) is 0 Å². The third kappa shape index (κ3) is 4.14. The van der Waals surface area contributed by atoms with Gasteiger partial charge in [0.15, 0.2) is 0 Å². The Morgan fingerprint density at radius 2 is 1.95 bits per heavy atom. The van der Waals surface area contributed by atoms with E-state index in [2.05, 4.69) is 5.32 Å². The van der Waals surface area contributed by atoms with Gasteiger partial charge >= 0.3 is 5.69 Å². The number of nitrogens with zero attached hydrogens (tertiary/aromatic N) is 2. The van der Waals surface area contributed by atoms with Crippen molar-refractivity contribution in [3.05, 3.63) is 32.6 Å². The molecule has 0 aliphatic heterocycles. The summed E-state index contributed by atoms with van der Waals surface area (Å²) in [6.45, 7) is 3.08. The highest BCUT2D eigenvalue weighted by Gasteiger charge is 2.07. The lowest BCUT2D eigenvalue weighted by atomic mass is 10.3. The second-order valence-electron chi connectivity index (χ2n) is 4.65. The molecule has 0 saturated carbocycles. The van der Waals surface area contributed by atoms with E-state index in [1.165, 1.54) is 17.7 Å². The molecule has 7 heteroatoms. The molecule has 0 aromatic carbocycles. The van der Waals surface area contributed by atoms with Gasteiger partial charge in [0, 0.05) is 54.7 Å². The summed E-state index contributed by atoms with van der Waals surface area (Å²) in [6, 6.07) is 1.45. The molecule has 0 spiro atoms. The second kappa shape index (κ2) is 6.81. The molecule has 2 atom stereocenters. The highest BCUT2D eigenvalue weighted by molar-refractivity contribution is 7.84. The van der Waals surface area contributed by atoms with Gasteiger partial charge in [-0.3, -0.25) is 18.1 Å². The first-order valence-corrected chi connectivity index (χ1v) is 7.75. The fourth-order valence-electron chi connectivity index (χ4n) is 1.64. The van der Waals surface area contributed by atoms with E-state index in [0.717, 1.165) is 11.0 Å². The van der Waals surface area contributed by atoms with E-state index in [-0.39, 0.29) is 16.5 Å². The van der Waals surface area contributed by atoms with Crippen LogP contribution in [0.15, 0.2) is 15.7 Å². The lowest BCUT2D eigenvalue weighted by Crippen LogP contribution is -2.39. The van der Waals surface area contributed by atoms with Crippen LogP contribution in [0.3, 0.4) is 0 Å². The zero-order valence-electron chi connectivity index (χ0n) is 11.8. The van der Waals surface area contributed by atoms with Crippen LogP contribution in [-0.4, -0.2) is 31.4 Å². The smallest absolute Gasteiger partial charge is 0.311 e. The van der Waals surface area contributed by atoms with Crippen LogP contribution in [0.1, 0.15) is 19.0 Å². The molecule has 6 nitrogen and oxygen atoms in total. The van der Waals surface area contributed by atoms with Crippen molar-refractivity contribution in [2.75, 3.05) is 12.8 Å². The van der Waals surface area contributed by atoms with Crippen molar-refractivity contribution < 1.29 is 4.21 Å². The first-order chi connectivity index (χ1) is 8.84. The molecule has 0 aliphatic carbocycles. The minimum absolute atomic E-state index is 0.139. The molecule has 1 rings (SSSR count). The number of hydrogen-bond acceptors (Lipinski definition) is 4. The molecule has 2 unspecified atom stereocenters. The summed E-state index contributed by atoms with van der Waals surface area (Å²) in [5.41, 5.74) is 0.0219. The fraction of sp³-hybridized carbons (Fsp3) is 0.667. The Balaban J connectivity index is 2.63. The number of aromatic nitrogens is 2. The van der Waals surface area contributed by atoms with Gasteiger partial charge in [-0.1, -0.05) is 6.92 Å². The average Bonchev–Trinajstić information content (AvgIpc) is 2.37. The first kappa shape index (κ1) is 15.8. The molecule has 1 heterocycles. The Bertz CT molecular complexity index is 577. The Morgan fingerprint density at radius 1 is 1.32 bits per heavy atom. The van der Waals surface area contributed by atoms with Gasteiger partial charge < -0.3 is 5.32 Å². The molecule has 0 aliphatic rings. The highest BCUT2D eigenvalue weighted by atomic mass is 32.2. The Labute approximate surface area is 114 Å². The van der Waals surface area contributed by atoms with E-state index in [9.17, 15) is 13.8 Å². The largest absolute Gasteiger partial charge is 0.330 e. The third-order valence-corrected chi connectivity index (χ3v) is 4.59. The van der Waals surface area contributed by atoms with Crippen molar-refractivity contribution >= 4 is 10.8 Å². The Hall–Kier alpha value is -1.21. The summed E-state index contributed by atoms with van der Waals surface area (Å²) in [5.74, 6) is 0. The summed E-state index contributed by atoms with van der Waals surface area (Å²) in [5, 5.41) is 3.30. The number of nitrogens with one attached hydrogen (secondary N) is 1. The second-order valence-corrected chi connectivity index (χ2v) is 6.45. The summed E-state index contributed by atoms with van der Waals surface area (Å²) in [6.07, 6.45) is 2.48. The normalized spacial score (nSPS) is 14.3. The maximum atomic E-state index is 11.7. The molecule has 0 saturated heterocycles. The van der Waals surface area contributed by atoms with Gasteiger partial charge in [-0.25, -0.2) is 4.79 Å². The van der Waals surface area contributed by atoms with Gasteiger partial charge in [-0.2, -0.15) is 0 Å². The molecule has 1 N–H and O–H groups in total. The maximum absolute atomic E-state index is 11.7. The van der Waals surface area contributed by atoms with E-state index < -0.39 is 10.8 Å². The van der Waals surface area contributed by atoms with E-state index in [1.54, 1.807) is 13.3 Å². The number of hydrogen-bond donors (Lipinski definition) is 1. The van der Waals surface area contributed by atoms with Crippen molar-refractivity contribution in [1.82, 2.24) is 14.5 Å². The maximum Gasteiger partial charge on any atom is 0.330 e. The van der Waals surface area contributed by atoms with E-state index in [0.29, 0.717) is 18.8 Å². The standard InChI is InChI=1S/C12H21N3O3S/c1-9(19(4)18)5-6-13-8-10-7-11(16)15(3)12(17)14(10)2/h7,9,13H,5-6,8H2,1-4H3. The molecule has 1 aromatic heterocycles. The predicted octanol–water partition coefficient (Wildman–Crippen LogP) is -0.669. The average molecular weight is 287 g/mol. The molecule has 0 amide bonds. The van der Waals surface area contributed by atoms with Crippen LogP contribution in [0.25, 0.3) is 0 Å². The molecule has 0 fully saturated rings. The molecule has 19 heavy (non-hydrogen) atoms. The van der Waals surface area contributed by atoms with Crippen molar-refractivity contribution in [2.24, 2.45) is 14.1 Å². The highest BCUT2D eigenvalue weighted by Crippen LogP contribution is 1.98. The monoisotopic (exact) mass is 287 g/mol. The molecule has 1 aromatic rings. The van der Waals surface area contributed by atoms with Crippen LogP contribution < -0.4 is 16.6 Å². The molecular weight excluding hydrogens is 266 g/mol. The summed E-state index contributed by atoms with van der Waals surface area (Å²) in [7, 11) is 2.28. The topological polar surface area (TPSA) is 73.1 Å². The summed E-state index contributed by atoms with van der Waals surface area (Å²) < 4.78 is 13.7. The zero-order chi connectivity index (χ0) is 14.6. The van der Waals surface area contributed by atoms with Gasteiger partial charge in [-0.15, -0.1) is 0 Å². The fourth-order valence-corrected chi connectivity index (χ4v) is 2.09. The van der Waals surface area contributed by atoms with Crippen LogP contribution >= 0.6 is 0 Å². The molecule has 0 bridgehead atoms.